The summed E-state index contributed by atoms with van der Waals surface area (Å²) in [5.41, 5.74) is 8.41. The van der Waals surface area contributed by atoms with Gasteiger partial charge in [0.05, 0.1) is 17.4 Å². The summed E-state index contributed by atoms with van der Waals surface area (Å²) in [6, 6.07) is 4.63. The largest absolute Gasteiger partial charge is 0.382 e. The lowest BCUT2D eigenvalue weighted by atomic mass is 9.81. The summed E-state index contributed by atoms with van der Waals surface area (Å²) in [7, 11) is 0. The van der Waals surface area contributed by atoms with E-state index < -0.39 is 0 Å². The van der Waals surface area contributed by atoms with Gasteiger partial charge in [-0.3, -0.25) is 4.68 Å². The first-order valence-corrected chi connectivity index (χ1v) is 10.6. The third-order valence-electron chi connectivity index (χ3n) is 5.27. The van der Waals surface area contributed by atoms with Crippen LogP contribution in [-0.2, 0) is 6.42 Å². The molecule has 1 aliphatic rings. The number of aryl methyl sites for hydroxylation is 1. The van der Waals surface area contributed by atoms with E-state index in [1.165, 1.54) is 17.4 Å². The van der Waals surface area contributed by atoms with Gasteiger partial charge in [0.15, 0.2) is 5.65 Å². The van der Waals surface area contributed by atoms with Gasteiger partial charge >= 0.3 is 0 Å². The van der Waals surface area contributed by atoms with Crippen molar-refractivity contribution in [3.8, 4) is 6.07 Å². The SMILES string of the molecule is Cc1nn2c(N)c(C#N)c(NCCc3ccn(C4CCC4CBr)n3)nc2c1Cl. The van der Waals surface area contributed by atoms with E-state index in [0.29, 0.717) is 47.1 Å². The molecule has 0 saturated heterocycles. The lowest BCUT2D eigenvalue weighted by Gasteiger charge is -2.35. The van der Waals surface area contributed by atoms with Crippen molar-refractivity contribution < 1.29 is 0 Å². The standard InChI is InChI=1S/C18H20BrClN8/c1-10-15(20)18-24-17(13(9-21)16(22)28(18)25-10)23-6-4-12-5-7-27(26-12)14-3-2-11(14)8-19/h5,7,11,14H,2-4,6,8,22H2,1H3,(H,23,24). The number of halogens is 2. The molecule has 4 rings (SSSR count). The maximum absolute atomic E-state index is 9.49. The molecule has 2 unspecified atom stereocenters. The molecule has 1 saturated carbocycles. The van der Waals surface area contributed by atoms with Gasteiger partial charge in [-0.15, -0.1) is 0 Å². The van der Waals surface area contributed by atoms with Gasteiger partial charge in [0.25, 0.3) is 0 Å². The monoisotopic (exact) mass is 462 g/mol. The molecule has 0 aromatic carbocycles. The van der Waals surface area contributed by atoms with Crippen molar-refractivity contribution in [1.29, 1.82) is 5.26 Å². The Morgan fingerprint density at radius 2 is 2.25 bits per heavy atom. The number of nitrogens with one attached hydrogen (secondary N) is 1. The molecular formula is C18H20BrClN8. The predicted molar refractivity (Wildman–Crippen MR) is 112 cm³/mol. The predicted octanol–water partition coefficient (Wildman–Crippen LogP) is 3.34. The van der Waals surface area contributed by atoms with Crippen LogP contribution in [0.25, 0.3) is 5.65 Å². The Labute approximate surface area is 175 Å². The first kappa shape index (κ1) is 19.0. The van der Waals surface area contributed by atoms with Crippen LogP contribution in [0.4, 0.5) is 11.6 Å². The van der Waals surface area contributed by atoms with E-state index in [1.807, 2.05) is 12.3 Å². The summed E-state index contributed by atoms with van der Waals surface area (Å²) in [6.45, 7) is 2.35. The molecule has 146 valence electrons. The Morgan fingerprint density at radius 3 is 2.93 bits per heavy atom. The van der Waals surface area contributed by atoms with Crippen LogP contribution in [0.2, 0.25) is 5.02 Å². The van der Waals surface area contributed by atoms with Crippen LogP contribution >= 0.6 is 27.5 Å². The van der Waals surface area contributed by atoms with Crippen LogP contribution in [0, 0.1) is 24.2 Å². The van der Waals surface area contributed by atoms with Crippen LogP contribution < -0.4 is 11.1 Å². The minimum Gasteiger partial charge on any atom is -0.382 e. The van der Waals surface area contributed by atoms with Crippen molar-refractivity contribution in [3.05, 3.63) is 34.2 Å². The summed E-state index contributed by atoms with van der Waals surface area (Å²) in [5, 5.41) is 23.1. The fraction of sp³-hybridized carbons (Fsp3) is 0.444. The average Bonchev–Trinajstić information content (AvgIpc) is 3.21. The van der Waals surface area contributed by atoms with Crippen LogP contribution in [0.1, 0.15) is 35.8 Å². The molecule has 3 aromatic rings. The van der Waals surface area contributed by atoms with Crippen molar-refractivity contribution in [1.82, 2.24) is 24.4 Å². The number of rotatable bonds is 6. The molecule has 0 spiro atoms. The number of nitrogen functional groups attached to an aromatic ring is 1. The lowest BCUT2D eigenvalue weighted by Crippen LogP contribution is -2.30. The molecule has 0 amide bonds. The molecule has 0 bridgehead atoms. The molecule has 0 radical (unpaired) electrons. The average molecular weight is 464 g/mol. The van der Waals surface area contributed by atoms with Crippen LogP contribution in [0.15, 0.2) is 12.3 Å². The summed E-state index contributed by atoms with van der Waals surface area (Å²) in [4.78, 5) is 4.46. The van der Waals surface area contributed by atoms with Gasteiger partial charge in [-0.1, -0.05) is 27.5 Å². The van der Waals surface area contributed by atoms with E-state index in [4.69, 9.17) is 22.4 Å². The quantitative estimate of drug-likeness (QED) is 0.543. The number of fused-ring (bicyclic) bond motifs is 1. The topological polar surface area (TPSA) is 110 Å². The Bertz CT molecular complexity index is 1060. The molecule has 0 aliphatic heterocycles. The normalized spacial score (nSPS) is 18.8. The van der Waals surface area contributed by atoms with E-state index >= 15 is 0 Å². The lowest BCUT2D eigenvalue weighted by molar-refractivity contribution is 0.190. The van der Waals surface area contributed by atoms with E-state index in [9.17, 15) is 5.26 Å². The molecule has 1 aliphatic carbocycles. The highest BCUT2D eigenvalue weighted by Gasteiger charge is 2.31. The summed E-state index contributed by atoms with van der Waals surface area (Å²) in [5.74, 6) is 1.29. The Balaban J connectivity index is 1.48. The zero-order valence-electron chi connectivity index (χ0n) is 15.4. The maximum Gasteiger partial charge on any atom is 0.178 e. The highest BCUT2D eigenvalue weighted by atomic mass is 79.9. The first-order valence-electron chi connectivity index (χ1n) is 9.11. The van der Waals surface area contributed by atoms with E-state index in [1.54, 1.807) is 6.92 Å². The third-order valence-corrected chi connectivity index (χ3v) is 6.54. The number of nitrogens with two attached hydrogens (primary N) is 1. The molecule has 2 atom stereocenters. The molecule has 1 fully saturated rings. The Hall–Kier alpha value is -2.31. The van der Waals surface area contributed by atoms with Crippen LogP contribution in [-0.4, -0.2) is 36.3 Å². The fourth-order valence-corrected chi connectivity index (χ4v) is 4.39. The van der Waals surface area contributed by atoms with Gasteiger partial charge in [0, 0.05) is 24.5 Å². The highest BCUT2D eigenvalue weighted by molar-refractivity contribution is 9.09. The number of anilines is 2. The van der Waals surface area contributed by atoms with Crippen molar-refractivity contribution in [2.24, 2.45) is 5.92 Å². The number of hydrogen-bond acceptors (Lipinski definition) is 6. The van der Waals surface area contributed by atoms with Crippen LogP contribution in [0.5, 0.6) is 0 Å². The minimum absolute atomic E-state index is 0.222. The minimum atomic E-state index is 0.222. The summed E-state index contributed by atoms with van der Waals surface area (Å²) < 4.78 is 3.48. The molecular weight excluding hydrogens is 444 g/mol. The van der Waals surface area contributed by atoms with Gasteiger partial charge in [0.2, 0.25) is 0 Å². The van der Waals surface area contributed by atoms with Crippen LogP contribution in [0.3, 0.4) is 0 Å². The summed E-state index contributed by atoms with van der Waals surface area (Å²) in [6.07, 6.45) is 5.18. The molecule has 3 heterocycles. The summed E-state index contributed by atoms with van der Waals surface area (Å²) >= 11 is 9.83. The molecule has 8 nitrogen and oxygen atoms in total. The maximum atomic E-state index is 9.49. The number of aromatic nitrogens is 5. The van der Waals surface area contributed by atoms with Gasteiger partial charge in [-0.05, 0) is 31.7 Å². The van der Waals surface area contributed by atoms with Crippen molar-refractivity contribution in [3.63, 3.8) is 0 Å². The molecule has 10 heteroatoms. The fourth-order valence-electron chi connectivity index (χ4n) is 3.47. The second-order valence-electron chi connectivity index (χ2n) is 6.99. The van der Waals surface area contributed by atoms with Crippen molar-refractivity contribution in [2.45, 2.75) is 32.2 Å². The molecule has 3 aromatic heterocycles. The van der Waals surface area contributed by atoms with Gasteiger partial charge in [-0.25, -0.2) is 4.98 Å². The van der Waals surface area contributed by atoms with E-state index in [0.717, 1.165) is 11.0 Å². The van der Waals surface area contributed by atoms with E-state index in [2.05, 4.69) is 42.1 Å². The molecule has 3 N–H and O–H groups in total. The smallest absolute Gasteiger partial charge is 0.178 e. The number of hydrogen-bond donors (Lipinski definition) is 2. The third kappa shape index (κ3) is 3.20. The Kier molecular flexibility index (Phi) is 5.17. The number of nitriles is 1. The zero-order valence-corrected chi connectivity index (χ0v) is 17.7. The first-order chi connectivity index (χ1) is 13.5. The van der Waals surface area contributed by atoms with E-state index in [-0.39, 0.29) is 11.4 Å². The number of alkyl halides is 1. The van der Waals surface area contributed by atoms with Gasteiger partial charge in [-0.2, -0.15) is 20.0 Å². The Morgan fingerprint density at radius 1 is 1.43 bits per heavy atom. The second kappa shape index (κ2) is 7.60. The zero-order chi connectivity index (χ0) is 19.8. The van der Waals surface area contributed by atoms with Crippen molar-refractivity contribution in [2.75, 3.05) is 22.9 Å². The van der Waals surface area contributed by atoms with Gasteiger partial charge in [0.1, 0.15) is 28.3 Å². The van der Waals surface area contributed by atoms with Crippen molar-refractivity contribution >= 4 is 44.8 Å². The molecule has 28 heavy (non-hydrogen) atoms. The highest BCUT2D eigenvalue weighted by Crippen LogP contribution is 2.39. The number of nitrogens with zero attached hydrogens (tertiary/aromatic N) is 6. The second-order valence-corrected chi connectivity index (χ2v) is 8.02. The van der Waals surface area contributed by atoms with Gasteiger partial charge < -0.3 is 11.1 Å².